The smallest absolute Gasteiger partial charge is 0.317 e. The van der Waals surface area contributed by atoms with E-state index >= 15 is 0 Å². The minimum Gasteiger partial charge on any atom is -0.317 e. The van der Waals surface area contributed by atoms with Crippen LogP contribution in [0.4, 0.5) is 4.79 Å². The molecule has 3 heteroatoms. The van der Waals surface area contributed by atoms with Crippen molar-refractivity contribution in [3.8, 4) is 0 Å². The lowest BCUT2D eigenvalue weighted by molar-refractivity contribution is 0.212. The Balaban J connectivity index is 4.08. The molecule has 1 N–H and O–H groups in total. The first-order valence-electron chi connectivity index (χ1n) is 4.14. The predicted molar refractivity (Wildman–Crippen MR) is 55.3 cm³/mol. The number of allylic oxidation sites excluding steroid dienone is 1. The fourth-order valence-corrected chi connectivity index (χ4v) is 0.798. The van der Waals surface area contributed by atoms with Crippen molar-refractivity contribution in [2.24, 2.45) is 0 Å². The van der Waals surface area contributed by atoms with Crippen molar-refractivity contribution in [1.82, 2.24) is 10.2 Å². The molecule has 0 aliphatic carbocycles. The first-order valence-corrected chi connectivity index (χ1v) is 4.14. The maximum atomic E-state index is 11.4. The molecule has 0 aliphatic heterocycles. The lowest BCUT2D eigenvalue weighted by Crippen LogP contribution is -2.37. The molecule has 0 bridgehead atoms. The summed E-state index contributed by atoms with van der Waals surface area (Å²) in [7, 11) is 0. The summed E-state index contributed by atoms with van der Waals surface area (Å²) in [6.07, 6.45) is 6.72. The van der Waals surface area contributed by atoms with Crippen molar-refractivity contribution in [3.05, 3.63) is 37.6 Å². The van der Waals surface area contributed by atoms with Gasteiger partial charge in [-0.3, -0.25) is 0 Å². The van der Waals surface area contributed by atoms with Gasteiger partial charge in [0.05, 0.1) is 0 Å². The van der Waals surface area contributed by atoms with Gasteiger partial charge in [0, 0.05) is 19.3 Å². The Kier molecular flexibility index (Phi) is 6.32. The maximum Gasteiger partial charge on any atom is 0.321 e. The predicted octanol–water partition coefficient (Wildman–Crippen LogP) is 1.90. The highest BCUT2D eigenvalue weighted by molar-refractivity contribution is 5.75. The molecule has 0 saturated carbocycles. The van der Waals surface area contributed by atoms with E-state index in [1.54, 1.807) is 29.3 Å². The summed E-state index contributed by atoms with van der Waals surface area (Å²) in [5.41, 5.74) is 0. The Morgan fingerprint density at radius 3 is 2.31 bits per heavy atom. The lowest BCUT2D eigenvalue weighted by Gasteiger charge is -2.18. The van der Waals surface area contributed by atoms with Crippen molar-refractivity contribution in [3.63, 3.8) is 0 Å². The number of urea groups is 1. The number of carbonyl (C=O) groups is 1. The maximum absolute atomic E-state index is 11.4. The van der Waals surface area contributed by atoms with Gasteiger partial charge in [0.25, 0.3) is 0 Å². The number of amides is 2. The SMILES string of the molecule is C=CCN(CC=C)C(=O)N/C=C/C. The van der Waals surface area contributed by atoms with Gasteiger partial charge >= 0.3 is 6.03 Å². The van der Waals surface area contributed by atoms with Crippen molar-refractivity contribution < 1.29 is 4.79 Å². The Bertz CT molecular complexity index is 199. The molecule has 72 valence electrons. The van der Waals surface area contributed by atoms with Gasteiger partial charge in [0.1, 0.15) is 0 Å². The van der Waals surface area contributed by atoms with E-state index in [1.807, 2.05) is 6.92 Å². The van der Waals surface area contributed by atoms with Crippen LogP contribution in [0.2, 0.25) is 0 Å². The molecule has 2 amide bonds. The number of rotatable bonds is 5. The summed E-state index contributed by atoms with van der Waals surface area (Å²) < 4.78 is 0. The number of hydrogen-bond donors (Lipinski definition) is 1. The monoisotopic (exact) mass is 180 g/mol. The van der Waals surface area contributed by atoms with Crippen LogP contribution in [0, 0.1) is 0 Å². The summed E-state index contributed by atoms with van der Waals surface area (Å²) in [5.74, 6) is 0. The molecular weight excluding hydrogens is 164 g/mol. The zero-order valence-electron chi connectivity index (χ0n) is 7.99. The minimum atomic E-state index is -0.141. The summed E-state index contributed by atoms with van der Waals surface area (Å²) in [5, 5.41) is 2.61. The molecule has 0 heterocycles. The molecule has 0 atom stereocenters. The van der Waals surface area contributed by atoms with Crippen molar-refractivity contribution >= 4 is 6.03 Å². The zero-order valence-corrected chi connectivity index (χ0v) is 7.99. The largest absolute Gasteiger partial charge is 0.321 e. The average molecular weight is 180 g/mol. The number of hydrogen-bond acceptors (Lipinski definition) is 1. The quantitative estimate of drug-likeness (QED) is 0.644. The Morgan fingerprint density at radius 1 is 1.38 bits per heavy atom. The summed E-state index contributed by atoms with van der Waals surface area (Å²) in [6.45, 7) is 10.0. The Hall–Kier alpha value is -1.51. The average Bonchev–Trinajstić information content (AvgIpc) is 2.14. The fraction of sp³-hybridized carbons (Fsp3) is 0.300. The van der Waals surface area contributed by atoms with Gasteiger partial charge in [0.2, 0.25) is 0 Å². The molecule has 0 spiro atoms. The van der Waals surface area contributed by atoms with Gasteiger partial charge in [-0.15, -0.1) is 13.2 Å². The molecule has 0 radical (unpaired) electrons. The second kappa shape index (κ2) is 7.16. The topological polar surface area (TPSA) is 32.3 Å². The highest BCUT2D eigenvalue weighted by Gasteiger charge is 2.06. The van der Waals surface area contributed by atoms with Gasteiger partial charge in [-0.25, -0.2) is 4.79 Å². The molecule has 0 aliphatic rings. The third-order valence-corrected chi connectivity index (χ3v) is 1.36. The summed E-state index contributed by atoms with van der Waals surface area (Å²) >= 11 is 0. The van der Waals surface area contributed by atoms with Crippen molar-refractivity contribution in [2.45, 2.75) is 6.92 Å². The first-order chi connectivity index (χ1) is 6.26. The first kappa shape index (κ1) is 11.5. The van der Waals surface area contributed by atoms with Gasteiger partial charge in [-0.05, 0) is 6.92 Å². The normalized spacial score (nSPS) is 9.62. The molecule has 0 saturated heterocycles. The van der Waals surface area contributed by atoms with E-state index in [9.17, 15) is 4.79 Å². The van der Waals surface area contributed by atoms with Gasteiger partial charge < -0.3 is 10.2 Å². The van der Waals surface area contributed by atoms with Crippen LogP contribution in [0.1, 0.15) is 6.92 Å². The zero-order chi connectivity index (χ0) is 10.1. The van der Waals surface area contributed by atoms with E-state index in [0.717, 1.165) is 0 Å². The van der Waals surface area contributed by atoms with E-state index in [2.05, 4.69) is 18.5 Å². The highest BCUT2D eigenvalue weighted by Crippen LogP contribution is 1.90. The number of nitrogens with zero attached hydrogens (tertiary/aromatic N) is 1. The second-order valence-corrected chi connectivity index (χ2v) is 2.43. The molecule has 0 aromatic carbocycles. The number of nitrogens with one attached hydrogen (secondary N) is 1. The molecule has 0 unspecified atom stereocenters. The summed E-state index contributed by atoms with van der Waals surface area (Å²) in [4.78, 5) is 12.9. The molecule has 0 rings (SSSR count). The van der Waals surface area contributed by atoms with E-state index < -0.39 is 0 Å². The van der Waals surface area contributed by atoms with Crippen LogP contribution in [0.5, 0.6) is 0 Å². The molecular formula is C10H16N2O. The van der Waals surface area contributed by atoms with Crippen LogP contribution in [-0.2, 0) is 0 Å². The van der Waals surface area contributed by atoms with E-state index in [4.69, 9.17) is 0 Å². The van der Waals surface area contributed by atoms with Crippen LogP contribution in [0.25, 0.3) is 0 Å². The molecule has 0 aromatic heterocycles. The van der Waals surface area contributed by atoms with Crippen molar-refractivity contribution in [2.75, 3.05) is 13.1 Å². The molecule has 3 nitrogen and oxygen atoms in total. The van der Waals surface area contributed by atoms with Crippen LogP contribution in [0.15, 0.2) is 37.6 Å². The lowest BCUT2D eigenvalue weighted by atomic mass is 10.4. The van der Waals surface area contributed by atoms with Gasteiger partial charge in [-0.2, -0.15) is 0 Å². The van der Waals surface area contributed by atoms with E-state index in [-0.39, 0.29) is 6.03 Å². The molecule has 13 heavy (non-hydrogen) atoms. The van der Waals surface area contributed by atoms with E-state index in [1.165, 1.54) is 0 Å². The Labute approximate surface area is 79.4 Å². The standard InChI is InChI=1S/C10H16N2O/c1-4-7-11-10(13)12(8-5-2)9-6-3/h4-7H,2-3,8-9H2,1H3,(H,11,13)/b7-4+. The fourth-order valence-electron chi connectivity index (χ4n) is 0.798. The Morgan fingerprint density at radius 2 is 1.92 bits per heavy atom. The van der Waals surface area contributed by atoms with Gasteiger partial charge in [-0.1, -0.05) is 18.2 Å². The van der Waals surface area contributed by atoms with Crippen LogP contribution >= 0.6 is 0 Å². The van der Waals surface area contributed by atoms with Crippen LogP contribution < -0.4 is 5.32 Å². The van der Waals surface area contributed by atoms with Crippen LogP contribution in [0.3, 0.4) is 0 Å². The van der Waals surface area contributed by atoms with Crippen molar-refractivity contribution in [1.29, 1.82) is 0 Å². The molecule has 0 aromatic rings. The third-order valence-electron chi connectivity index (χ3n) is 1.36. The number of carbonyl (C=O) groups excluding carboxylic acids is 1. The van der Waals surface area contributed by atoms with Gasteiger partial charge in [0.15, 0.2) is 0 Å². The second-order valence-electron chi connectivity index (χ2n) is 2.43. The minimum absolute atomic E-state index is 0.141. The summed E-state index contributed by atoms with van der Waals surface area (Å²) in [6, 6.07) is -0.141. The van der Waals surface area contributed by atoms with Crippen LogP contribution in [-0.4, -0.2) is 24.0 Å². The highest BCUT2D eigenvalue weighted by atomic mass is 16.2. The third kappa shape index (κ3) is 4.85. The van der Waals surface area contributed by atoms with E-state index in [0.29, 0.717) is 13.1 Å². The molecule has 0 fully saturated rings.